The maximum absolute atomic E-state index is 12.1. The number of amides is 1. The number of unbranched alkanes of at least 4 members (excludes halogenated alkanes) is 3. The van der Waals surface area contributed by atoms with E-state index < -0.39 is 42.3 Å². The third-order valence-corrected chi connectivity index (χ3v) is 4.77. The van der Waals surface area contributed by atoms with Gasteiger partial charge in [-0.25, -0.2) is 4.79 Å². The molecule has 0 aromatic carbocycles. The van der Waals surface area contributed by atoms with E-state index in [1.807, 2.05) is 12.2 Å². The van der Waals surface area contributed by atoms with Gasteiger partial charge in [0.15, 0.2) is 6.23 Å². The predicted molar refractivity (Wildman–Crippen MR) is 100 cm³/mol. The minimum absolute atomic E-state index is 0.0539. The second-order valence-electron chi connectivity index (χ2n) is 7.01. The van der Waals surface area contributed by atoms with Gasteiger partial charge < -0.3 is 25.6 Å². The van der Waals surface area contributed by atoms with Crippen LogP contribution in [0.5, 0.6) is 0 Å². The molecular formula is C18H27F3N4O5. The van der Waals surface area contributed by atoms with Crippen LogP contribution in [-0.4, -0.2) is 58.2 Å². The van der Waals surface area contributed by atoms with E-state index in [0.29, 0.717) is 32.1 Å². The van der Waals surface area contributed by atoms with E-state index >= 15 is 0 Å². The molecule has 1 saturated heterocycles. The predicted octanol–water partition coefficient (Wildman–Crippen LogP) is 1.12. The van der Waals surface area contributed by atoms with Crippen molar-refractivity contribution < 1.29 is 32.5 Å². The lowest BCUT2D eigenvalue weighted by atomic mass is 10.1. The lowest BCUT2D eigenvalue weighted by molar-refractivity contribution is -0.173. The molecule has 1 aliphatic rings. The highest BCUT2D eigenvalue weighted by atomic mass is 19.4. The Morgan fingerprint density at radius 3 is 2.70 bits per heavy atom. The van der Waals surface area contributed by atoms with E-state index in [1.165, 1.54) is 16.8 Å². The number of nitrogens with two attached hydrogens (primary N) is 1. The van der Waals surface area contributed by atoms with Gasteiger partial charge in [-0.2, -0.15) is 18.2 Å². The first-order chi connectivity index (χ1) is 14.1. The van der Waals surface area contributed by atoms with Crippen molar-refractivity contribution in [2.24, 2.45) is 0 Å². The van der Waals surface area contributed by atoms with E-state index in [4.69, 9.17) is 15.2 Å². The molecule has 4 N–H and O–H groups in total. The van der Waals surface area contributed by atoms with Gasteiger partial charge in [0, 0.05) is 19.3 Å². The maximum Gasteiger partial charge on any atom is 0.471 e. The number of hydrogen-bond donors (Lipinski definition) is 3. The van der Waals surface area contributed by atoms with Crippen LogP contribution in [0.15, 0.2) is 17.1 Å². The molecule has 170 valence electrons. The topological polar surface area (TPSA) is 129 Å². The molecular weight excluding hydrogens is 409 g/mol. The first-order valence-corrected chi connectivity index (χ1v) is 9.80. The molecule has 1 aromatic heterocycles. The van der Waals surface area contributed by atoms with Crippen LogP contribution in [0, 0.1) is 0 Å². The van der Waals surface area contributed by atoms with Crippen LogP contribution >= 0.6 is 0 Å². The fraction of sp³-hybridized carbons (Fsp3) is 0.722. The highest BCUT2D eigenvalue weighted by Gasteiger charge is 2.45. The van der Waals surface area contributed by atoms with Crippen molar-refractivity contribution in [3.8, 4) is 0 Å². The van der Waals surface area contributed by atoms with Crippen LogP contribution in [0.4, 0.5) is 19.0 Å². The molecule has 1 aliphatic heterocycles. The zero-order valence-electron chi connectivity index (χ0n) is 16.6. The third-order valence-electron chi connectivity index (χ3n) is 4.77. The largest absolute Gasteiger partial charge is 0.471 e. The van der Waals surface area contributed by atoms with Gasteiger partial charge in [0.1, 0.15) is 18.0 Å². The Bertz CT molecular complexity index is 758. The number of aliphatic hydroxyl groups is 1. The fourth-order valence-electron chi connectivity index (χ4n) is 3.18. The minimum atomic E-state index is -4.87. The van der Waals surface area contributed by atoms with Gasteiger partial charge in [0.05, 0.1) is 6.10 Å². The summed E-state index contributed by atoms with van der Waals surface area (Å²) in [7, 11) is 0. The van der Waals surface area contributed by atoms with Crippen LogP contribution in [0.1, 0.15) is 45.3 Å². The van der Waals surface area contributed by atoms with E-state index in [-0.39, 0.29) is 19.0 Å². The lowest BCUT2D eigenvalue weighted by Crippen LogP contribution is -2.37. The van der Waals surface area contributed by atoms with Gasteiger partial charge in [-0.05, 0) is 25.3 Å². The van der Waals surface area contributed by atoms with Crippen LogP contribution in [0.2, 0.25) is 0 Å². The molecule has 0 radical (unpaired) electrons. The Morgan fingerprint density at radius 2 is 2.07 bits per heavy atom. The van der Waals surface area contributed by atoms with Crippen molar-refractivity contribution >= 4 is 11.7 Å². The van der Waals surface area contributed by atoms with Crippen molar-refractivity contribution in [1.82, 2.24) is 14.9 Å². The summed E-state index contributed by atoms with van der Waals surface area (Å²) < 4.78 is 49.0. The number of aliphatic hydroxyl groups excluding tert-OH is 1. The van der Waals surface area contributed by atoms with Gasteiger partial charge >= 0.3 is 17.8 Å². The smallest absolute Gasteiger partial charge is 0.388 e. The second-order valence-corrected chi connectivity index (χ2v) is 7.01. The highest BCUT2D eigenvalue weighted by molar-refractivity contribution is 5.81. The lowest BCUT2D eigenvalue weighted by Gasteiger charge is -2.22. The summed E-state index contributed by atoms with van der Waals surface area (Å²) >= 11 is 0. The summed E-state index contributed by atoms with van der Waals surface area (Å²) in [5.41, 5.74) is 4.89. The molecule has 0 aliphatic carbocycles. The molecule has 4 atom stereocenters. The number of carbonyl (C=O) groups is 1. The molecule has 1 fully saturated rings. The van der Waals surface area contributed by atoms with Crippen LogP contribution in [0.25, 0.3) is 0 Å². The first kappa shape index (κ1) is 24.1. The van der Waals surface area contributed by atoms with E-state index in [1.54, 1.807) is 0 Å². The molecule has 0 spiro atoms. The van der Waals surface area contributed by atoms with Crippen molar-refractivity contribution in [3.63, 3.8) is 0 Å². The Morgan fingerprint density at radius 1 is 1.37 bits per heavy atom. The number of ether oxygens (including phenoxy) is 2. The number of carbonyl (C=O) groups excluding carboxylic acids is 1. The fourth-order valence-corrected chi connectivity index (χ4v) is 3.18. The normalized spacial score (nSPS) is 24.2. The summed E-state index contributed by atoms with van der Waals surface area (Å²) in [6, 6.07) is 1.45. The molecule has 30 heavy (non-hydrogen) atoms. The van der Waals surface area contributed by atoms with Gasteiger partial charge in [-0.1, -0.05) is 19.8 Å². The standard InChI is InChI=1S/C18H27F3N4O5/c1-2-11-13(26)14(15(30-11)25-9-7-12(22)24-17(25)28)29-10-6-4-3-5-8-23-16(27)18(19,20)21/h7,9,11,13-15,26H,2-6,8,10H2,1H3,(H,23,27)(H2,22,24,28)/t11-,13+,14?,15-/m1/s1. The SMILES string of the molecule is CC[C@H]1O[C@@H](n2ccc(N)nc2=O)C(OCCCCCCNC(=O)C(F)(F)F)[C@H]1O. The highest BCUT2D eigenvalue weighted by Crippen LogP contribution is 2.32. The Balaban J connectivity index is 1.78. The number of halogens is 3. The number of aromatic nitrogens is 2. The molecule has 1 amide bonds. The number of rotatable bonds is 10. The maximum atomic E-state index is 12.1. The number of nitrogens with one attached hydrogen (secondary N) is 1. The summed E-state index contributed by atoms with van der Waals surface area (Å²) in [5, 5.41) is 12.3. The second kappa shape index (κ2) is 10.7. The Hall–Kier alpha value is -2.18. The number of hydrogen-bond acceptors (Lipinski definition) is 7. The first-order valence-electron chi connectivity index (χ1n) is 9.80. The van der Waals surface area contributed by atoms with E-state index in [0.717, 1.165) is 0 Å². The number of alkyl halides is 3. The Kier molecular flexibility index (Phi) is 8.62. The number of nitrogens with zero attached hydrogens (tertiary/aromatic N) is 2. The monoisotopic (exact) mass is 436 g/mol. The molecule has 0 saturated carbocycles. The van der Waals surface area contributed by atoms with E-state index in [9.17, 15) is 27.9 Å². The van der Waals surface area contributed by atoms with E-state index in [2.05, 4.69) is 4.98 Å². The number of anilines is 1. The molecule has 0 bridgehead atoms. The van der Waals surface area contributed by atoms with Crippen LogP contribution in [0.3, 0.4) is 0 Å². The summed E-state index contributed by atoms with van der Waals surface area (Å²) in [6.07, 6.45) is -3.68. The molecule has 12 heteroatoms. The molecule has 9 nitrogen and oxygen atoms in total. The van der Waals surface area contributed by atoms with Gasteiger partial charge in [-0.15, -0.1) is 0 Å². The molecule has 2 heterocycles. The number of nitrogen functional groups attached to an aromatic ring is 1. The van der Waals surface area contributed by atoms with Gasteiger partial charge in [0.25, 0.3) is 0 Å². The summed E-state index contributed by atoms with van der Waals surface area (Å²) in [5.74, 6) is -1.87. The Labute approximate surface area is 171 Å². The summed E-state index contributed by atoms with van der Waals surface area (Å²) in [6.45, 7) is 2.06. The molecule has 1 unspecified atom stereocenters. The zero-order valence-corrected chi connectivity index (χ0v) is 16.6. The minimum Gasteiger partial charge on any atom is -0.388 e. The average molecular weight is 436 g/mol. The summed E-state index contributed by atoms with van der Waals surface area (Å²) in [4.78, 5) is 26.5. The van der Waals surface area contributed by atoms with Crippen LogP contribution < -0.4 is 16.7 Å². The van der Waals surface area contributed by atoms with Crippen molar-refractivity contribution in [2.75, 3.05) is 18.9 Å². The van der Waals surface area contributed by atoms with Gasteiger partial charge in [0.2, 0.25) is 0 Å². The van der Waals surface area contributed by atoms with Crippen molar-refractivity contribution in [3.05, 3.63) is 22.7 Å². The molecule has 2 rings (SSSR count). The van der Waals surface area contributed by atoms with Crippen molar-refractivity contribution in [2.45, 2.75) is 69.7 Å². The zero-order chi connectivity index (χ0) is 22.3. The average Bonchev–Trinajstić information content (AvgIpc) is 2.98. The van der Waals surface area contributed by atoms with Gasteiger partial charge in [-0.3, -0.25) is 9.36 Å². The van der Waals surface area contributed by atoms with Crippen molar-refractivity contribution in [1.29, 1.82) is 0 Å². The molecule has 1 aromatic rings. The van der Waals surface area contributed by atoms with Crippen LogP contribution in [-0.2, 0) is 14.3 Å². The quantitative estimate of drug-likeness (QED) is 0.469. The third kappa shape index (κ3) is 6.41.